The lowest BCUT2D eigenvalue weighted by Gasteiger charge is -2.29. The predicted octanol–water partition coefficient (Wildman–Crippen LogP) is 15.3. The van der Waals surface area contributed by atoms with Gasteiger partial charge in [-0.25, -0.2) is 4.98 Å². The van der Waals surface area contributed by atoms with E-state index in [4.69, 9.17) is 14.5 Å². The topological polar surface area (TPSA) is 42.8 Å². The molecule has 0 atom stereocenters. The first-order valence-corrected chi connectivity index (χ1v) is 22.8. The molecule has 0 N–H and O–H groups in total. The molecule has 0 fully saturated rings. The molecule has 0 saturated heterocycles. The summed E-state index contributed by atoms with van der Waals surface area (Å²) in [4.78, 5) is 9.65. The van der Waals surface area contributed by atoms with Crippen LogP contribution in [-0.2, 0) is 15.6 Å². The van der Waals surface area contributed by atoms with Crippen molar-refractivity contribution in [2.45, 2.75) is 52.4 Å². The second-order valence-corrected chi connectivity index (χ2v) is 19.4. The summed E-state index contributed by atoms with van der Waals surface area (Å²) in [6.07, 6.45) is 3.81. The van der Waals surface area contributed by atoms with Crippen LogP contribution in [0.3, 0.4) is 0 Å². The minimum atomic E-state index is -0.0281. The standard InChI is InChI=1S/C60H52N4O2/c1-59(2,3)44-28-31-52-51(35-44)50-30-29-47(37-53(50)64(52)55-36-45(32-33-61-55)60(4,5)6)66-46-25-16-24-43(34-46)54-38-65-58-56(42-22-14-9-15-23-42)63(39-62(54)58)57-48(40-18-10-7-11-19-40)26-17-27-49(57)41-20-12-8-13-21-41/h7-38H,39H2,1-6H3. The van der Waals surface area contributed by atoms with Gasteiger partial charge in [-0.1, -0.05) is 169 Å². The zero-order valence-corrected chi connectivity index (χ0v) is 38.3. The number of rotatable bonds is 8. The molecule has 66 heavy (non-hydrogen) atoms. The van der Waals surface area contributed by atoms with Crippen LogP contribution in [0, 0.1) is 0 Å². The van der Waals surface area contributed by atoms with Crippen molar-refractivity contribution in [2.75, 3.05) is 11.6 Å². The lowest BCUT2D eigenvalue weighted by molar-refractivity contribution is 0.297. The molecule has 0 saturated carbocycles. The number of hydrogen-bond acceptors (Lipinski definition) is 5. The van der Waals surface area contributed by atoms with Crippen LogP contribution in [0.1, 0.15) is 63.8 Å². The van der Waals surface area contributed by atoms with Gasteiger partial charge in [0.05, 0.1) is 22.4 Å². The SMILES string of the molecule is CC(C)(C)c1ccnc(-n2c3ccc(C(C)(C)C)cc3c3ccc(Oc4cccc(C5=COC6=C(c7ccccc7)N(c7c(-c8ccccc8)cccc7-c7ccccc7)CN56)c4)cc32)c1. The molecule has 0 amide bonds. The summed E-state index contributed by atoms with van der Waals surface area (Å²) in [5.74, 6) is 3.16. The predicted molar refractivity (Wildman–Crippen MR) is 271 cm³/mol. The molecule has 2 aliphatic rings. The highest BCUT2D eigenvalue weighted by molar-refractivity contribution is 6.10. The Morgan fingerprint density at radius 3 is 1.77 bits per heavy atom. The average molecular weight is 861 g/mol. The Labute approximate surface area is 387 Å². The van der Waals surface area contributed by atoms with E-state index in [0.29, 0.717) is 6.67 Å². The molecule has 0 aliphatic carbocycles. The fraction of sp³-hybridized carbons (Fsp3) is 0.150. The molecule has 11 rings (SSSR count). The molecule has 6 heteroatoms. The van der Waals surface area contributed by atoms with E-state index in [-0.39, 0.29) is 10.8 Å². The van der Waals surface area contributed by atoms with Crippen LogP contribution in [0.15, 0.2) is 200 Å². The Bertz CT molecular complexity index is 3300. The Morgan fingerprint density at radius 2 is 1.11 bits per heavy atom. The molecule has 9 aromatic rings. The molecule has 7 aromatic carbocycles. The minimum absolute atomic E-state index is 0.00561. The Morgan fingerprint density at radius 1 is 0.500 bits per heavy atom. The summed E-state index contributed by atoms with van der Waals surface area (Å²) in [7, 11) is 0. The number of anilines is 1. The number of hydrogen-bond donors (Lipinski definition) is 0. The van der Waals surface area contributed by atoms with Gasteiger partial charge in [0.2, 0.25) is 5.88 Å². The van der Waals surface area contributed by atoms with Gasteiger partial charge >= 0.3 is 0 Å². The van der Waals surface area contributed by atoms with E-state index in [2.05, 4.69) is 232 Å². The van der Waals surface area contributed by atoms with Crippen molar-refractivity contribution in [3.05, 3.63) is 223 Å². The molecule has 6 nitrogen and oxygen atoms in total. The van der Waals surface area contributed by atoms with Crippen LogP contribution in [-0.4, -0.2) is 21.1 Å². The van der Waals surface area contributed by atoms with Crippen LogP contribution in [0.2, 0.25) is 0 Å². The van der Waals surface area contributed by atoms with E-state index in [1.54, 1.807) is 0 Å². The molecule has 0 bridgehead atoms. The van der Waals surface area contributed by atoms with Crippen molar-refractivity contribution < 1.29 is 9.47 Å². The van der Waals surface area contributed by atoms with E-state index in [1.165, 1.54) is 16.5 Å². The average Bonchev–Trinajstić information content (AvgIpc) is 4.02. The van der Waals surface area contributed by atoms with Crippen LogP contribution < -0.4 is 9.64 Å². The van der Waals surface area contributed by atoms with Gasteiger partial charge in [-0.05, 0) is 81.6 Å². The highest BCUT2D eigenvalue weighted by Gasteiger charge is 2.40. The number of aromatic nitrogens is 2. The van der Waals surface area contributed by atoms with Crippen molar-refractivity contribution in [3.8, 4) is 39.6 Å². The molecule has 0 unspecified atom stereocenters. The van der Waals surface area contributed by atoms with Gasteiger partial charge in [-0.15, -0.1) is 0 Å². The van der Waals surface area contributed by atoms with Crippen molar-refractivity contribution >= 4 is 38.9 Å². The maximum Gasteiger partial charge on any atom is 0.226 e. The molecule has 2 aromatic heterocycles. The zero-order valence-electron chi connectivity index (χ0n) is 38.3. The number of fused-ring (bicyclic) bond motifs is 4. The van der Waals surface area contributed by atoms with Crippen LogP contribution in [0.5, 0.6) is 11.5 Å². The molecule has 2 aliphatic heterocycles. The summed E-state index contributed by atoms with van der Waals surface area (Å²) >= 11 is 0. The van der Waals surface area contributed by atoms with Gasteiger partial charge in [0.1, 0.15) is 35.9 Å². The fourth-order valence-electron chi connectivity index (χ4n) is 9.46. The second-order valence-electron chi connectivity index (χ2n) is 19.4. The molecule has 4 heterocycles. The van der Waals surface area contributed by atoms with Gasteiger partial charge in [-0.3, -0.25) is 9.47 Å². The lowest BCUT2D eigenvalue weighted by atomic mass is 9.86. The first-order chi connectivity index (χ1) is 32.0. The van der Waals surface area contributed by atoms with Gasteiger partial charge in [0, 0.05) is 45.3 Å². The maximum absolute atomic E-state index is 6.81. The monoisotopic (exact) mass is 860 g/mol. The maximum atomic E-state index is 6.81. The highest BCUT2D eigenvalue weighted by atomic mass is 16.5. The molecule has 0 spiro atoms. The number of para-hydroxylation sites is 1. The summed E-state index contributed by atoms with van der Waals surface area (Å²) in [5.41, 5.74) is 14.4. The van der Waals surface area contributed by atoms with Gasteiger partial charge in [0.15, 0.2) is 0 Å². The fourth-order valence-corrected chi connectivity index (χ4v) is 9.46. The normalized spacial score (nSPS) is 13.9. The van der Waals surface area contributed by atoms with Crippen LogP contribution in [0.4, 0.5) is 5.69 Å². The second kappa shape index (κ2) is 16.0. The number of nitrogens with zero attached hydrogens (tertiary/aromatic N) is 4. The van der Waals surface area contributed by atoms with Gasteiger partial charge in [-0.2, -0.15) is 0 Å². The van der Waals surface area contributed by atoms with Crippen molar-refractivity contribution in [2.24, 2.45) is 0 Å². The number of pyridine rings is 1. The van der Waals surface area contributed by atoms with E-state index in [0.717, 1.165) is 90.1 Å². The van der Waals surface area contributed by atoms with E-state index >= 15 is 0 Å². The van der Waals surface area contributed by atoms with Crippen molar-refractivity contribution in [3.63, 3.8) is 0 Å². The first kappa shape index (κ1) is 40.9. The van der Waals surface area contributed by atoms with E-state index in [1.807, 2.05) is 18.5 Å². The third kappa shape index (κ3) is 7.29. The molecule has 324 valence electrons. The summed E-state index contributed by atoms with van der Waals surface area (Å²) in [6, 6.07) is 64.5. The van der Waals surface area contributed by atoms with Crippen LogP contribution in [0.25, 0.3) is 61.3 Å². The third-order valence-corrected chi connectivity index (χ3v) is 12.9. The summed E-state index contributed by atoms with van der Waals surface area (Å²) in [6.45, 7) is 14.1. The number of ether oxygens (including phenoxy) is 2. The lowest BCUT2D eigenvalue weighted by Crippen LogP contribution is -2.26. The first-order valence-electron chi connectivity index (χ1n) is 22.8. The molecular weight excluding hydrogens is 809 g/mol. The molecule has 0 radical (unpaired) electrons. The molecular formula is C60H52N4O2. The van der Waals surface area contributed by atoms with Gasteiger partial charge in [0.25, 0.3) is 0 Å². The smallest absolute Gasteiger partial charge is 0.226 e. The third-order valence-electron chi connectivity index (χ3n) is 12.9. The number of benzene rings is 7. The largest absolute Gasteiger partial charge is 0.457 e. The quantitative estimate of drug-likeness (QED) is 0.152. The van der Waals surface area contributed by atoms with E-state index < -0.39 is 0 Å². The zero-order chi connectivity index (χ0) is 45.2. The van der Waals surface area contributed by atoms with E-state index in [9.17, 15) is 0 Å². The Hall–Kier alpha value is -7.83. The Balaban J connectivity index is 0.979. The minimum Gasteiger partial charge on any atom is -0.457 e. The van der Waals surface area contributed by atoms with Crippen molar-refractivity contribution in [1.29, 1.82) is 0 Å². The van der Waals surface area contributed by atoms with Crippen molar-refractivity contribution in [1.82, 2.24) is 14.5 Å². The highest BCUT2D eigenvalue weighted by Crippen LogP contribution is 2.50. The van der Waals surface area contributed by atoms with Crippen LogP contribution >= 0.6 is 0 Å². The summed E-state index contributed by atoms with van der Waals surface area (Å²) in [5, 5.41) is 2.35. The summed E-state index contributed by atoms with van der Waals surface area (Å²) < 4.78 is 15.7. The Kier molecular flexibility index (Phi) is 9.92. The van der Waals surface area contributed by atoms with Gasteiger partial charge < -0.3 is 14.4 Å².